The maximum absolute atomic E-state index is 13.4. The Morgan fingerprint density at radius 1 is 1.17 bits per heavy atom. The molecule has 0 aliphatic carbocycles. The van der Waals surface area contributed by atoms with E-state index < -0.39 is 48.4 Å². The molecule has 132 valence electrons. The Bertz CT molecular complexity index is 615. The molecule has 0 bridgehead atoms. The number of hydrogen-bond acceptors (Lipinski definition) is 3. The standard InChI is InChI=1S/C13H11F6N3O2/c14-12(15,16)11(13(17,18)19,22-6-2-4-9(22)23)21-10(24)8-3-1-5-20-7-8/h1,3,5,7H,2,4,6H2,(H,21,24). The van der Waals surface area contributed by atoms with E-state index in [2.05, 4.69) is 4.98 Å². The van der Waals surface area contributed by atoms with Crippen molar-refractivity contribution in [2.24, 2.45) is 0 Å². The maximum atomic E-state index is 13.4. The van der Waals surface area contributed by atoms with Crippen molar-refractivity contribution in [1.29, 1.82) is 0 Å². The Morgan fingerprint density at radius 2 is 1.79 bits per heavy atom. The van der Waals surface area contributed by atoms with E-state index in [0.29, 0.717) is 0 Å². The fraction of sp³-hybridized carbons (Fsp3) is 0.462. The van der Waals surface area contributed by atoms with Crippen molar-refractivity contribution in [3.63, 3.8) is 0 Å². The highest BCUT2D eigenvalue weighted by atomic mass is 19.4. The first-order valence-electron chi connectivity index (χ1n) is 6.67. The van der Waals surface area contributed by atoms with Gasteiger partial charge < -0.3 is 10.2 Å². The van der Waals surface area contributed by atoms with E-state index in [1.807, 2.05) is 0 Å². The van der Waals surface area contributed by atoms with E-state index in [4.69, 9.17) is 0 Å². The van der Waals surface area contributed by atoms with Crippen LogP contribution >= 0.6 is 0 Å². The van der Waals surface area contributed by atoms with Crippen LogP contribution in [0.2, 0.25) is 0 Å². The molecular weight excluding hydrogens is 344 g/mol. The summed E-state index contributed by atoms with van der Waals surface area (Å²) in [5.41, 5.74) is -5.29. The number of amides is 2. The molecule has 11 heteroatoms. The normalized spacial score (nSPS) is 16.4. The lowest BCUT2D eigenvalue weighted by Gasteiger charge is -2.43. The van der Waals surface area contributed by atoms with Crippen LogP contribution < -0.4 is 5.32 Å². The Labute approximate surface area is 131 Å². The predicted octanol–water partition coefficient (Wildman–Crippen LogP) is 2.25. The molecule has 1 aromatic rings. The molecule has 0 aromatic carbocycles. The molecule has 0 unspecified atom stereocenters. The molecule has 0 radical (unpaired) electrons. The monoisotopic (exact) mass is 355 g/mol. The molecule has 1 aliphatic rings. The summed E-state index contributed by atoms with van der Waals surface area (Å²) in [6.07, 6.45) is -10.6. The molecule has 1 aliphatic heterocycles. The zero-order valence-electron chi connectivity index (χ0n) is 11.9. The van der Waals surface area contributed by atoms with Crippen molar-refractivity contribution in [3.05, 3.63) is 30.1 Å². The molecule has 5 nitrogen and oxygen atoms in total. The van der Waals surface area contributed by atoms with Gasteiger partial charge in [0.2, 0.25) is 5.91 Å². The van der Waals surface area contributed by atoms with Gasteiger partial charge in [0.05, 0.1) is 5.56 Å². The van der Waals surface area contributed by atoms with E-state index in [1.54, 1.807) is 0 Å². The largest absolute Gasteiger partial charge is 0.440 e. The van der Waals surface area contributed by atoms with Crippen molar-refractivity contribution < 1.29 is 35.9 Å². The van der Waals surface area contributed by atoms with Gasteiger partial charge in [0.1, 0.15) is 0 Å². The lowest BCUT2D eigenvalue weighted by atomic mass is 10.1. The predicted molar refractivity (Wildman–Crippen MR) is 67.5 cm³/mol. The van der Waals surface area contributed by atoms with Gasteiger partial charge in [0, 0.05) is 25.4 Å². The van der Waals surface area contributed by atoms with E-state index in [1.165, 1.54) is 12.3 Å². The van der Waals surface area contributed by atoms with Crippen LogP contribution in [0.1, 0.15) is 23.2 Å². The third kappa shape index (κ3) is 2.89. The highest BCUT2D eigenvalue weighted by Crippen LogP contribution is 2.47. The Kier molecular flexibility index (Phi) is 4.46. The van der Waals surface area contributed by atoms with E-state index in [-0.39, 0.29) is 11.3 Å². The number of nitrogens with zero attached hydrogens (tertiary/aromatic N) is 2. The summed E-state index contributed by atoms with van der Waals surface area (Å²) < 4.78 is 80.6. The summed E-state index contributed by atoms with van der Waals surface area (Å²) in [6.45, 7) is -0.773. The van der Waals surface area contributed by atoms with Crippen LogP contribution in [0, 0.1) is 0 Å². The van der Waals surface area contributed by atoms with Gasteiger partial charge in [-0.25, -0.2) is 0 Å². The molecule has 0 spiro atoms. The van der Waals surface area contributed by atoms with Gasteiger partial charge in [-0.1, -0.05) is 0 Å². The van der Waals surface area contributed by atoms with Crippen molar-refractivity contribution in [3.8, 4) is 0 Å². The lowest BCUT2D eigenvalue weighted by molar-refractivity contribution is -0.341. The fourth-order valence-corrected chi connectivity index (χ4v) is 2.41. The van der Waals surface area contributed by atoms with E-state index >= 15 is 0 Å². The molecule has 1 fully saturated rings. The number of aromatic nitrogens is 1. The molecule has 0 saturated carbocycles. The molecule has 0 atom stereocenters. The summed E-state index contributed by atoms with van der Waals surface area (Å²) in [6, 6.07) is 2.18. The number of likely N-dealkylation sites (tertiary alicyclic amines) is 1. The molecule has 2 heterocycles. The van der Waals surface area contributed by atoms with E-state index in [9.17, 15) is 35.9 Å². The topological polar surface area (TPSA) is 62.3 Å². The second kappa shape index (κ2) is 5.95. The number of carbonyl (C=O) groups is 2. The number of halogens is 6. The van der Waals surface area contributed by atoms with Crippen molar-refractivity contribution >= 4 is 11.8 Å². The highest BCUT2D eigenvalue weighted by Gasteiger charge is 2.76. The van der Waals surface area contributed by atoms with E-state index in [0.717, 1.165) is 17.6 Å². The van der Waals surface area contributed by atoms with Crippen LogP contribution in [0.25, 0.3) is 0 Å². The zero-order chi connectivity index (χ0) is 18.2. The van der Waals surface area contributed by atoms with Crippen molar-refractivity contribution in [2.45, 2.75) is 30.9 Å². The maximum Gasteiger partial charge on any atom is 0.440 e. The first-order valence-corrected chi connectivity index (χ1v) is 6.67. The minimum Gasteiger partial charge on any atom is -0.314 e. The van der Waals surface area contributed by atoms with Gasteiger partial charge in [0.15, 0.2) is 0 Å². The van der Waals surface area contributed by atoms with Gasteiger partial charge in [-0.3, -0.25) is 14.6 Å². The lowest BCUT2D eigenvalue weighted by Crippen LogP contribution is -2.76. The third-order valence-corrected chi connectivity index (χ3v) is 3.52. The van der Waals surface area contributed by atoms with Crippen molar-refractivity contribution in [1.82, 2.24) is 15.2 Å². The van der Waals surface area contributed by atoms with Crippen LogP contribution in [0.3, 0.4) is 0 Å². The zero-order valence-corrected chi connectivity index (χ0v) is 11.9. The molecular formula is C13H11F6N3O2. The summed E-state index contributed by atoms with van der Waals surface area (Å²) in [5.74, 6) is -2.98. The fourth-order valence-electron chi connectivity index (χ4n) is 2.41. The van der Waals surface area contributed by atoms with Crippen LogP contribution in [0.15, 0.2) is 24.5 Å². The summed E-state index contributed by atoms with van der Waals surface area (Å²) in [4.78, 5) is 26.6. The summed E-state index contributed by atoms with van der Waals surface area (Å²) >= 11 is 0. The van der Waals surface area contributed by atoms with Gasteiger partial charge in [-0.2, -0.15) is 26.3 Å². The number of rotatable bonds is 3. The highest BCUT2D eigenvalue weighted by molar-refractivity contribution is 5.95. The average Bonchev–Trinajstić information content (AvgIpc) is 2.89. The minimum atomic E-state index is -5.97. The van der Waals surface area contributed by atoms with Gasteiger partial charge in [-0.05, 0) is 18.6 Å². The van der Waals surface area contributed by atoms with Gasteiger partial charge in [0.25, 0.3) is 5.91 Å². The number of carbonyl (C=O) groups excluding carboxylic acids is 2. The number of pyridine rings is 1. The Morgan fingerprint density at radius 3 is 2.21 bits per heavy atom. The Balaban J connectivity index is 2.53. The molecule has 2 amide bonds. The molecule has 24 heavy (non-hydrogen) atoms. The van der Waals surface area contributed by atoms with Crippen molar-refractivity contribution in [2.75, 3.05) is 6.54 Å². The smallest absolute Gasteiger partial charge is 0.314 e. The molecule has 1 aromatic heterocycles. The Hall–Kier alpha value is -2.33. The SMILES string of the molecule is O=C(NC(N1CCCC1=O)(C(F)(F)F)C(F)(F)F)c1cccnc1. The number of alkyl halides is 6. The first-order chi connectivity index (χ1) is 11.0. The second-order valence-electron chi connectivity index (χ2n) is 5.05. The molecule has 2 rings (SSSR count). The first kappa shape index (κ1) is 18.0. The average molecular weight is 355 g/mol. The molecule has 1 saturated heterocycles. The number of nitrogens with one attached hydrogen (secondary N) is 1. The van der Waals surface area contributed by atoms with Crippen LogP contribution in [0.5, 0.6) is 0 Å². The van der Waals surface area contributed by atoms with Gasteiger partial charge in [-0.15, -0.1) is 0 Å². The van der Waals surface area contributed by atoms with Crippen LogP contribution in [-0.2, 0) is 4.79 Å². The minimum absolute atomic E-state index is 0.171. The summed E-state index contributed by atoms with van der Waals surface area (Å²) in [7, 11) is 0. The van der Waals surface area contributed by atoms with Crippen LogP contribution in [-0.4, -0.2) is 46.3 Å². The van der Waals surface area contributed by atoms with Crippen LogP contribution in [0.4, 0.5) is 26.3 Å². The molecule has 1 N–H and O–H groups in total. The number of hydrogen-bond donors (Lipinski definition) is 1. The third-order valence-electron chi connectivity index (χ3n) is 3.52. The summed E-state index contributed by atoms with van der Waals surface area (Å²) in [5, 5.41) is 0.975. The quantitative estimate of drug-likeness (QED) is 0.846. The van der Waals surface area contributed by atoms with Gasteiger partial charge >= 0.3 is 18.0 Å². The second-order valence-corrected chi connectivity index (χ2v) is 5.05.